The summed E-state index contributed by atoms with van der Waals surface area (Å²) in [7, 11) is 0. The van der Waals surface area contributed by atoms with Crippen LogP contribution in [0.25, 0.3) is 5.69 Å². The minimum Gasteiger partial charge on any atom is -0.310 e. The average Bonchev–Trinajstić information content (AvgIpc) is 3.01. The second kappa shape index (κ2) is 5.56. The van der Waals surface area contributed by atoms with Crippen LogP contribution in [0.1, 0.15) is 23.6 Å². The highest BCUT2D eigenvalue weighted by atomic mass is 19.1. The Morgan fingerprint density at radius 2 is 1.92 bits per heavy atom. The molecule has 1 aliphatic heterocycles. The largest absolute Gasteiger partial charge is 0.310 e. The monoisotopic (exact) mass is 325 g/mol. The lowest BCUT2D eigenvalue weighted by atomic mass is 9.89. The lowest BCUT2D eigenvalue weighted by Crippen LogP contribution is -2.25. The second-order valence-electron chi connectivity index (χ2n) is 5.65. The zero-order valence-corrected chi connectivity index (χ0v) is 12.5. The van der Waals surface area contributed by atoms with Gasteiger partial charge in [-0.1, -0.05) is 18.2 Å². The Morgan fingerprint density at radius 1 is 1.12 bits per heavy atom. The number of benzene rings is 2. The van der Waals surface area contributed by atoms with Gasteiger partial charge in [0.15, 0.2) is 0 Å². The molecule has 1 amide bonds. The van der Waals surface area contributed by atoms with Gasteiger partial charge < -0.3 is 5.32 Å². The number of nitrogens with zero attached hydrogens (tertiary/aromatic N) is 2. The highest BCUT2D eigenvalue weighted by Gasteiger charge is 2.32. The van der Waals surface area contributed by atoms with Crippen LogP contribution in [0.4, 0.5) is 14.6 Å². The summed E-state index contributed by atoms with van der Waals surface area (Å²) in [4.78, 5) is 16.5. The number of imidazole rings is 1. The first-order chi connectivity index (χ1) is 11.6. The molecular weight excluding hydrogens is 312 g/mol. The third-order valence-electron chi connectivity index (χ3n) is 4.14. The summed E-state index contributed by atoms with van der Waals surface area (Å²) in [6.45, 7) is 0. The SMILES string of the molecule is O=C1C[C@H](c2cc(F)ccc2F)c2ncn(-c3ccccc3)c2N1. The topological polar surface area (TPSA) is 46.9 Å². The van der Waals surface area contributed by atoms with Crippen LogP contribution in [0.15, 0.2) is 54.9 Å². The predicted molar refractivity (Wildman–Crippen MR) is 85.0 cm³/mol. The normalized spacial score (nSPS) is 16.6. The van der Waals surface area contributed by atoms with E-state index in [4.69, 9.17) is 0 Å². The van der Waals surface area contributed by atoms with Crippen molar-refractivity contribution in [1.29, 1.82) is 0 Å². The Bertz CT molecular complexity index is 921. The first kappa shape index (κ1) is 14.6. The van der Waals surface area contributed by atoms with Crippen molar-refractivity contribution in [1.82, 2.24) is 9.55 Å². The van der Waals surface area contributed by atoms with Crippen molar-refractivity contribution < 1.29 is 13.6 Å². The number of fused-ring (bicyclic) bond motifs is 1. The van der Waals surface area contributed by atoms with Crippen LogP contribution >= 0.6 is 0 Å². The van der Waals surface area contributed by atoms with Crippen LogP contribution in [0.5, 0.6) is 0 Å². The summed E-state index contributed by atoms with van der Waals surface area (Å²) < 4.78 is 29.5. The highest BCUT2D eigenvalue weighted by Crippen LogP contribution is 2.38. The fourth-order valence-electron chi connectivity index (χ4n) is 3.03. The maximum absolute atomic E-state index is 14.2. The van der Waals surface area contributed by atoms with E-state index < -0.39 is 17.6 Å². The molecule has 0 radical (unpaired) electrons. The molecule has 4 nitrogen and oxygen atoms in total. The number of rotatable bonds is 2. The van der Waals surface area contributed by atoms with Crippen LogP contribution in [0.3, 0.4) is 0 Å². The van der Waals surface area contributed by atoms with Gasteiger partial charge in [0.05, 0.1) is 5.69 Å². The van der Waals surface area contributed by atoms with Crippen molar-refractivity contribution >= 4 is 11.7 Å². The lowest BCUT2D eigenvalue weighted by molar-refractivity contribution is -0.116. The summed E-state index contributed by atoms with van der Waals surface area (Å²) in [5, 5.41) is 2.79. The van der Waals surface area contributed by atoms with Gasteiger partial charge in [0.2, 0.25) is 5.91 Å². The second-order valence-corrected chi connectivity index (χ2v) is 5.65. The molecule has 0 bridgehead atoms. The van der Waals surface area contributed by atoms with Gasteiger partial charge in [0.25, 0.3) is 0 Å². The molecule has 1 N–H and O–H groups in total. The van der Waals surface area contributed by atoms with E-state index in [2.05, 4.69) is 10.3 Å². The molecule has 0 saturated carbocycles. The van der Waals surface area contributed by atoms with Crippen LogP contribution in [-0.4, -0.2) is 15.5 Å². The number of nitrogens with one attached hydrogen (secondary N) is 1. The first-order valence-corrected chi connectivity index (χ1v) is 7.51. The number of aromatic nitrogens is 2. The number of carbonyl (C=O) groups excluding carboxylic acids is 1. The van der Waals surface area contributed by atoms with E-state index in [9.17, 15) is 13.6 Å². The molecule has 1 aliphatic rings. The molecule has 0 fully saturated rings. The van der Waals surface area contributed by atoms with E-state index in [1.807, 2.05) is 30.3 Å². The molecule has 2 heterocycles. The predicted octanol–water partition coefficient (Wildman–Crippen LogP) is 3.62. The summed E-state index contributed by atoms with van der Waals surface area (Å²) in [6, 6.07) is 12.6. The number of amides is 1. The first-order valence-electron chi connectivity index (χ1n) is 7.51. The summed E-state index contributed by atoms with van der Waals surface area (Å²) >= 11 is 0. The third kappa shape index (κ3) is 2.36. The van der Waals surface area contributed by atoms with Gasteiger partial charge in [-0.25, -0.2) is 13.8 Å². The standard InChI is InChI=1S/C18H13F2N3O/c19-11-6-7-15(20)13(8-11)14-9-16(24)22-18-17(14)21-10-23(18)12-4-2-1-3-5-12/h1-8,10,14H,9H2,(H,22,24)/t14-/m1/s1. The fraction of sp³-hybridized carbons (Fsp3) is 0.111. The minimum atomic E-state index is -0.616. The minimum absolute atomic E-state index is 0.0270. The number of hydrogen-bond donors (Lipinski definition) is 1. The maximum Gasteiger partial charge on any atom is 0.226 e. The van der Waals surface area contributed by atoms with Crippen molar-refractivity contribution in [3.05, 3.63) is 77.8 Å². The van der Waals surface area contributed by atoms with E-state index in [1.165, 1.54) is 0 Å². The molecule has 120 valence electrons. The van der Waals surface area contributed by atoms with Gasteiger partial charge in [-0.05, 0) is 30.3 Å². The van der Waals surface area contributed by atoms with Gasteiger partial charge in [0, 0.05) is 23.6 Å². The van der Waals surface area contributed by atoms with Crippen molar-refractivity contribution in [2.75, 3.05) is 5.32 Å². The third-order valence-corrected chi connectivity index (χ3v) is 4.14. The number of para-hydroxylation sites is 1. The molecule has 6 heteroatoms. The Balaban J connectivity index is 1.86. The molecule has 0 aliphatic carbocycles. The molecule has 0 spiro atoms. The van der Waals surface area contributed by atoms with Crippen LogP contribution < -0.4 is 5.32 Å². The Labute approximate surface area is 136 Å². The molecule has 4 rings (SSSR count). The van der Waals surface area contributed by atoms with Crippen molar-refractivity contribution in [2.45, 2.75) is 12.3 Å². The Morgan fingerprint density at radius 3 is 2.71 bits per heavy atom. The van der Waals surface area contributed by atoms with Gasteiger partial charge in [0.1, 0.15) is 23.8 Å². The Kier molecular flexibility index (Phi) is 3.37. The molecule has 1 aromatic heterocycles. The number of anilines is 1. The van der Waals surface area contributed by atoms with Crippen LogP contribution in [0, 0.1) is 11.6 Å². The van der Waals surface area contributed by atoms with Crippen LogP contribution in [-0.2, 0) is 4.79 Å². The molecular formula is C18H13F2N3O. The molecule has 24 heavy (non-hydrogen) atoms. The van der Waals surface area contributed by atoms with E-state index in [1.54, 1.807) is 10.9 Å². The van der Waals surface area contributed by atoms with E-state index >= 15 is 0 Å². The maximum atomic E-state index is 14.2. The summed E-state index contributed by atoms with van der Waals surface area (Å²) in [6.07, 6.45) is 1.61. The van der Waals surface area contributed by atoms with Crippen LogP contribution in [0.2, 0.25) is 0 Å². The quantitative estimate of drug-likeness (QED) is 0.782. The number of halogens is 2. The highest BCUT2D eigenvalue weighted by molar-refractivity contribution is 5.94. The molecule has 0 saturated heterocycles. The van der Waals surface area contributed by atoms with Crippen molar-refractivity contribution in [2.24, 2.45) is 0 Å². The lowest BCUT2D eigenvalue weighted by Gasteiger charge is -2.23. The molecule has 2 aromatic carbocycles. The fourth-order valence-corrected chi connectivity index (χ4v) is 3.03. The Hall–Kier alpha value is -3.02. The number of carbonyl (C=O) groups is 1. The summed E-state index contributed by atoms with van der Waals surface area (Å²) in [5.74, 6) is -1.47. The van der Waals surface area contributed by atoms with E-state index in [-0.39, 0.29) is 17.9 Å². The van der Waals surface area contributed by atoms with Crippen molar-refractivity contribution in [3.63, 3.8) is 0 Å². The smallest absolute Gasteiger partial charge is 0.226 e. The average molecular weight is 325 g/mol. The zero-order valence-electron chi connectivity index (χ0n) is 12.5. The zero-order chi connectivity index (χ0) is 16.7. The van der Waals surface area contributed by atoms with Gasteiger partial charge in [-0.3, -0.25) is 9.36 Å². The van der Waals surface area contributed by atoms with Gasteiger partial charge in [-0.15, -0.1) is 0 Å². The van der Waals surface area contributed by atoms with E-state index in [0.29, 0.717) is 11.5 Å². The number of hydrogen-bond acceptors (Lipinski definition) is 2. The molecule has 1 atom stereocenters. The van der Waals surface area contributed by atoms with Crippen molar-refractivity contribution in [3.8, 4) is 5.69 Å². The molecule has 0 unspecified atom stereocenters. The molecule has 3 aromatic rings. The van der Waals surface area contributed by atoms with Gasteiger partial charge in [-0.2, -0.15) is 0 Å². The van der Waals surface area contributed by atoms with Gasteiger partial charge >= 0.3 is 0 Å². The summed E-state index contributed by atoms with van der Waals surface area (Å²) in [5.41, 5.74) is 1.50. The van der Waals surface area contributed by atoms with E-state index in [0.717, 1.165) is 23.9 Å².